The number of nitrogens with one attached hydrogen (secondary N) is 1. The number of hydrogen-bond donors (Lipinski definition) is 1. The molecule has 1 N–H and O–H groups in total. The number of anilines is 1. The molecule has 5 aromatic rings. The Bertz CT molecular complexity index is 1760. The maximum absolute atomic E-state index is 14.2. The lowest BCUT2D eigenvalue weighted by Gasteiger charge is -2.32. The molecule has 10 nitrogen and oxygen atoms in total. The van der Waals surface area contributed by atoms with Crippen molar-refractivity contribution in [3.05, 3.63) is 120 Å². The van der Waals surface area contributed by atoms with Crippen molar-refractivity contribution in [3.8, 4) is 22.9 Å². The summed E-state index contributed by atoms with van der Waals surface area (Å²) in [4.78, 5) is 30.7. The van der Waals surface area contributed by atoms with Crippen molar-refractivity contribution in [2.24, 2.45) is 0 Å². The zero-order chi connectivity index (χ0) is 30.5. The van der Waals surface area contributed by atoms with Gasteiger partial charge in [-0.05, 0) is 47.5 Å². The number of fused-ring (bicyclic) bond motifs is 1. The zero-order valence-electron chi connectivity index (χ0n) is 23.9. The van der Waals surface area contributed by atoms with Gasteiger partial charge in [-0.25, -0.2) is 4.39 Å². The molecule has 1 atom stereocenters. The number of rotatable bonds is 9. The molecular weight excluding hydrogens is 563 g/mol. The molecule has 1 aliphatic rings. The smallest absolute Gasteiger partial charge is 0.251 e. The summed E-state index contributed by atoms with van der Waals surface area (Å²) in [5, 5.41) is 15.6. The van der Waals surface area contributed by atoms with Crippen LogP contribution in [0.4, 0.5) is 10.1 Å². The number of carbonyl (C=O) groups is 2. The first-order chi connectivity index (χ1) is 21.4. The molecule has 0 saturated heterocycles. The van der Waals surface area contributed by atoms with Gasteiger partial charge in [0.15, 0.2) is 11.5 Å². The van der Waals surface area contributed by atoms with Crippen LogP contribution in [-0.4, -0.2) is 45.2 Å². The van der Waals surface area contributed by atoms with Gasteiger partial charge in [-0.3, -0.25) is 14.5 Å². The Balaban J connectivity index is 1.37. The lowest BCUT2D eigenvalue weighted by Crippen LogP contribution is -2.45. The predicted octanol–water partition coefficient (Wildman–Crippen LogP) is 4.65. The van der Waals surface area contributed by atoms with Gasteiger partial charge in [0.05, 0.1) is 0 Å². The summed E-state index contributed by atoms with van der Waals surface area (Å²) < 4.78 is 25.5. The fourth-order valence-corrected chi connectivity index (χ4v) is 4.89. The minimum absolute atomic E-state index is 0.227. The Hall–Kier alpha value is -5.58. The van der Waals surface area contributed by atoms with Crippen LogP contribution in [0.1, 0.15) is 22.7 Å². The molecule has 0 spiro atoms. The summed E-state index contributed by atoms with van der Waals surface area (Å²) in [5.74, 6) is -0.104. The van der Waals surface area contributed by atoms with E-state index >= 15 is 0 Å². The lowest BCUT2D eigenvalue weighted by molar-refractivity contribution is -0.127. The van der Waals surface area contributed by atoms with Crippen molar-refractivity contribution >= 4 is 17.5 Å². The molecule has 0 radical (unpaired) electrons. The van der Waals surface area contributed by atoms with Crippen LogP contribution in [0.3, 0.4) is 0 Å². The molecule has 0 saturated carbocycles. The number of tetrazole rings is 1. The fraction of sp³-hybridized carbons (Fsp3) is 0.182. The van der Waals surface area contributed by atoms with Gasteiger partial charge < -0.3 is 14.8 Å². The Labute approximate surface area is 253 Å². The van der Waals surface area contributed by atoms with Crippen molar-refractivity contribution in [2.75, 3.05) is 18.1 Å². The quantitative estimate of drug-likeness (QED) is 0.265. The average Bonchev–Trinajstić information content (AvgIpc) is 3.52. The molecule has 6 rings (SSSR count). The largest absolute Gasteiger partial charge is 0.486 e. The predicted molar refractivity (Wildman–Crippen MR) is 160 cm³/mol. The van der Waals surface area contributed by atoms with E-state index in [0.29, 0.717) is 41.8 Å². The molecule has 0 bridgehead atoms. The molecule has 2 amide bonds. The van der Waals surface area contributed by atoms with Crippen LogP contribution in [-0.2, 0) is 22.7 Å². The van der Waals surface area contributed by atoms with E-state index in [9.17, 15) is 14.0 Å². The molecule has 44 heavy (non-hydrogen) atoms. The van der Waals surface area contributed by atoms with E-state index in [1.807, 2.05) is 61.5 Å². The Morgan fingerprint density at radius 2 is 1.66 bits per heavy atom. The van der Waals surface area contributed by atoms with Gasteiger partial charge in [-0.2, -0.15) is 4.80 Å². The maximum Gasteiger partial charge on any atom is 0.251 e. The summed E-state index contributed by atoms with van der Waals surface area (Å²) in [6.07, 6.45) is 0. The third-order valence-electron chi connectivity index (χ3n) is 7.11. The minimum atomic E-state index is -1.17. The summed E-state index contributed by atoms with van der Waals surface area (Å²) >= 11 is 0. The third-order valence-corrected chi connectivity index (χ3v) is 7.11. The van der Waals surface area contributed by atoms with E-state index in [1.54, 1.807) is 18.2 Å². The topological polar surface area (TPSA) is 111 Å². The molecule has 0 aliphatic carbocycles. The molecule has 11 heteroatoms. The van der Waals surface area contributed by atoms with Crippen molar-refractivity contribution in [3.63, 3.8) is 0 Å². The van der Waals surface area contributed by atoms with Gasteiger partial charge in [0.25, 0.3) is 5.91 Å². The number of aryl methyl sites for hydroxylation is 1. The number of halogens is 1. The van der Waals surface area contributed by atoms with Crippen molar-refractivity contribution in [1.82, 2.24) is 25.5 Å². The first-order valence-corrected chi connectivity index (χ1v) is 14.1. The number of hydrogen-bond acceptors (Lipinski definition) is 7. The molecule has 1 aliphatic heterocycles. The van der Waals surface area contributed by atoms with Gasteiger partial charge in [-0.15, -0.1) is 10.2 Å². The summed E-state index contributed by atoms with van der Waals surface area (Å²) in [7, 11) is 0. The SMILES string of the molecule is Cc1ccc(-c2nnn(CC(=O)N(c3ccc4c(c3)OCCO4)C(C(=O)NCc3ccccc3)c3ccc(F)cc3)n2)cc1. The Kier molecular flexibility index (Phi) is 8.26. The van der Waals surface area contributed by atoms with Gasteiger partial charge in [0, 0.05) is 23.9 Å². The van der Waals surface area contributed by atoms with Crippen molar-refractivity contribution in [2.45, 2.75) is 26.1 Å². The summed E-state index contributed by atoms with van der Waals surface area (Å²) in [5.41, 5.74) is 3.51. The highest BCUT2D eigenvalue weighted by atomic mass is 19.1. The van der Waals surface area contributed by atoms with Gasteiger partial charge >= 0.3 is 0 Å². The number of aromatic nitrogens is 4. The van der Waals surface area contributed by atoms with E-state index in [1.165, 1.54) is 34.0 Å². The second-order valence-corrected chi connectivity index (χ2v) is 10.3. The highest BCUT2D eigenvalue weighted by molar-refractivity contribution is 6.01. The lowest BCUT2D eigenvalue weighted by atomic mass is 10.0. The second kappa shape index (κ2) is 12.7. The summed E-state index contributed by atoms with van der Waals surface area (Å²) in [6, 6.07) is 26.4. The Morgan fingerprint density at radius 3 is 2.41 bits per heavy atom. The van der Waals surface area contributed by atoms with Crippen LogP contribution in [0.5, 0.6) is 11.5 Å². The van der Waals surface area contributed by atoms with Crippen LogP contribution in [0, 0.1) is 12.7 Å². The first kappa shape index (κ1) is 28.5. The van der Waals surface area contributed by atoms with Crippen LogP contribution in [0.15, 0.2) is 97.1 Å². The number of benzene rings is 4. The number of amides is 2. The van der Waals surface area contributed by atoms with E-state index < -0.39 is 23.7 Å². The Morgan fingerprint density at radius 1 is 0.932 bits per heavy atom. The molecular formula is C33H29FN6O4. The fourth-order valence-electron chi connectivity index (χ4n) is 4.89. The molecule has 4 aromatic carbocycles. The van der Waals surface area contributed by atoms with Crippen LogP contribution in [0.2, 0.25) is 0 Å². The highest BCUT2D eigenvalue weighted by Gasteiger charge is 2.34. The molecule has 222 valence electrons. The monoisotopic (exact) mass is 592 g/mol. The third kappa shape index (κ3) is 6.41. The van der Waals surface area contributed by atoms with E-state index in [2.05, 4.69) is 20.7 Å². The van der Waals surface area contributed by atoms with Crippen LogP contribution < -0.4 is 19.7 Å². The van der Waals surface area contributed by atoms with Crippen LogP contribution >= 0.6 is 0 Å². The standard InChI is InChI=1S/C33H29FN6O4/c1-22-7-9-25(10-8-22)32-36-38-39(37-32)21-30(41)40(27-15-16-28-29(19-27)44-18-17-43-28)31(24-11-13-26(34)14-12-24)33(42)35-20-23-5-3-2-4-6-23/h2-16,19,31H,17-18,20-21H2,1H3,(H,35,42). The molecule has 1 aromatic heterocycles. The number of nitrogens with zero attached hydrogens (tertiary/aromatic N) is 5. The van der Waals surface area contributed by atoms with Crippen molar-refractivity contribution in [1.29, 1.82) is 0 Å². The molecule has 0 fully saturated rings. The van der Waals surface area contributed by atoms with E-state index in [4.69, 9.17) is 9.47 Å². The average molecular weight is 593 g/mol. The van der Waals surface area contributed by atoms with Crippen molar-refractivity contribution < 1.29 is 23.5 Å². The van der Waals surface area contributed by atoms with Crippen LogP contribution in [0.25, 0.3) is 11.4 Å². The summed E-state index contributed by atoms with van der Waals surface area (Å²) in [6.45, 7) is 2.62. The number of ether oxygens (including phenoxy) is 2. The maximum atomic E-state index is 14.2. The first-order valence-electron chi connectivity index (χ1n) is 14.1. The zero-order valence-corrected chi connectivity index (χ0v) is 23.9. The highest BCUT2D eigenvalue weighted by Crippen LogP contribution is 2.37. The molecule has 1 unspecified atom stereocenters. The van der Waals surface area contributed by atoms with E-state index in [0.717, 1.165) is 16.7 Å². The van der Waals surface area contributed by atoms with Gasteiger partial charge in [0.2, 0.25) is 11.7 Å². The molecule has 2 heterocycles. The number of carbonyl (C=O) groups excluding carboxylic acids is 2. The second-order valence-electron chi connectivity index (χ2n) is 10.3. The minimum Gasteiger partial charge on any atom is -0.486 e. The van der Waals surface area contributed by atoms with Gasteiger partial charge in [-0.1, -0.05) is 72.3 Å². The van der Waals surface area contributed by atoms with E-state index in [-0.39, 0.29) is 13.1 Å². The van der Waals surface area contributed by atoms with Gasteiger partial charge in [0.1, 0.15) is 31.6 Å². The normalized spacial score (nSPS) is 12.8.